The van der Waals surface area contributed by atoms with Crippen molar-refractivity contribution >= 4 is 34.5 Å². The van der Waals surface area contributed by atoms with E-state index in [1.807, 2.05) is 12.1 Å². The molecule has 23 heavy (non-hydrogen) atoms. The van der Waals surface area contributed by atoms with Crippen LogP contribution in [0.5, 0.6) is 0 Å². The minimum Gasteiger partial charge on any atom is -0.368 e. The van der Waals surface area contributed by atoms with Gasteiger partial charge in [0.1, 0.15) is 5.52 Å². The van der Waals surface area contributed by atoms with Crippen LogP contribution in [0.25, 0.3) is 11.2 Å². The van der Waals surface area contributed by atoms with Gasteiger partial charge in [0.15, 0.2) is 11.5 Å². The van der Waals surface area contributed by atoms with E-state index in [1.165, 1.54) is 6.33 Å². The van der Waals surface area contributed by atoms with Gasteiger partial charge in [-0.2, -0.15) is 9.97 Å². The quantitative estimate of drug-likeness (QED) is 0.591. The molecule has 3 N–H and O–H groups in total. The highest BCUT2D eigenvalue weighted by atomic mass is 35.5. The molecule has 1 amide bonds. The standard InChI is InChI=1S/C14H14ClN7O/c15-14-21-12(11-13(22-14)20-8-19-11)17-6-3-10(23)18-7-9-1-4-16-5-2-9/h1-2,4-5,8H,3,6-7H2,(H,18,23)(H2,17,19,20,21,22). The van der Waals surface area contributed by atoms with Crippen LogP contribution in [-0.2, 0) is 11.3 Å². The number of nitrogens with one attached hydrogen (secondary N) is 3. The van der Waals surface area contributed by atoms with Gasteiger partial charge in [-0.05, 0) is 29.3 Å². The number of carbonyl (C=O) groups excluding carboxylic acids is 1. The van der Waals surface area contributed by atoms with Gasteiger partial charge in [0, 0.05) is 31.9 Å². The Hall–Kier alpha value is -2.74. The summed E-state index contributed by atoms with van der Waals surface area (Å²) < 4.78 is 0. The Morgan fingerprint density at radius 3 is 2.91 bits per heavy atom. The maximum atomic E-state index is 11.8. The molecule has 0 bridgehead atoms. The van der Waals surface area contributed by atoms with Gasteiger partial charge in [-0.25, -0.2) is 4.98 Å². The van der Waals surface area contributed by atoms with E-state index in [2.05, 4.69) is 35.6 Å². The number of aromatic nitrogens is 5. The topological polar surface area (TPSA) is 108 Å². The fourth-order valence-electron chi connectivity index (χ4n) is 2.02. The third kappa shape index (κ3) is 3.92. The highest BCUT2D eigenvalue weighted by molar-refractivity contribution is 6.28. The third-order valence-corrected chi connectivity index (χ3v) is 3.31. The summed E-state index contributed by atoms with van der Waals surface area (Å²) in [6.45, 7) is 0.898. The molecule has 118 valence electrons. The molecular formula is C14H14ClN7O. The van der Waals surface area contributed by atoms with Gasteiger partial charge in [-0.3, -0.25) is 9.78 Å². The number of aromatic amines is 1. The first-order chi connectivity index (χ1) is 11.2. The number of rotatable bonds is 6. The molecule has 0 saturated heterocycles. The van der Waals surface area contributed by atoms with E-state index in [0.717, 1.165) is 5.56 Å². The zero-order valence-corrected chi connectivity index (χ0v) is 12.8. The minimum atomic E-state index is -0.0599. The number of H-pyrrole nitrogens is 1. The Morgan fingerprint density at radius 2 is 2.09 bits per heavy atom. The van der Waals surface area contributed by atoms with Crippen LogP contribution in [0, 0.1) is 0 Å². The number of amides is 1. The predicted octanol–water partition coefficient (Wildman–Crippen LogP) is 1.52. The van der Waals surface area contributed by atoms with Crippen LogP contribution < -0.4 is 10.6 Å². The maximum absolute atomic E-state index is 11.8. The molecule has 0 aliphatic carbocycles. The molecule has 0 unspecified atom stereocenters. The van der Waals surface area contributed by atoms with Crippen molar-refractivity contribution < 1.29 is 4.79 Å². The Kier molecular flexibility index (Phi) is 4.62. The molecule has 0 aliphatic rings. The molecule has 3 heterocycles. The van der Waals surface area contributed by atoms with Gasteiger partial charge in [-0.15, -0.1) is 0 Å². The van der Waals surface area contributed by atoms with Crippen LogP contribution in [0.3, 0.4) is 0 Å². The summed E-state index contributed by atoms with van der Waals surface area (Å²) in [5.74, 6) is 0.467. The Morgan fingerprint density at radius 1 is 1.26 bits per heavy atom. The summed E-state index contributed by atoms with van der Waals surface area (Å²) in [7, 11) is 0. The van der Waals surface area contributed by atoms with Gasteiger partial charge >= 0.3 is 0 Å². The third-order valence-electron chi connectivity index (χ3n) is 3.14. The van der Waals surface area contributed by atoms with Crippen molar-refractivity contribution in [3.8, 4) is 0 Å². The van der Waals surface area contributed by atoms with E-state index in [1.54, 1.807) is 12.4 Å². The number of pyridine rings is 1. The van der Waals surface area contributed by atoms with Crippen LogP contribution >= 0.6 is 11.6 Å². The average molecular weight is 332 g/mol. The number of imidazole rings is 1. The smallest absolute Gasteiger partial charge is 0.226 e. The van der Waals surface area contributed by atoms with Gasteiger partial charge < -0.3 is 15.6 Å². The lowest BCUT2D eigenvalue weighted by atomic mass is 10.2. The van der Waals surface area contributed by atoms with Crippen molar-refractivity contribution in [3.05, 3.63) is 41.7 Å². The number of hydrogen-bond acceptors (Lipinski definition) is 6. The fraction of sp³-hybridized carbons (Fsp3) is 0.214. The lowest BCUT2D eigenvalue weighted by molar-refractivity contribution is -0.121. The highest BCUT2D eigenvalue weighted by Crippen LogP contribution is 2.18. The molecule has 0 atom stereocenters. The average Bonchev–Trinajstić information content (AvgIpc) is 3.02. The number of carbonyl (C=O) groups is 1. The summed E-state index contributed by atoms with van der Waals surface area (Å²) in [5, 5.41) is 6.01. The second-order valence-electron chi connectivity index (χ2n) is 4.75. The van der Waals surface area contributed by atoms with Crippen molar-refractivity contribution in [1.82, 2.24) is 30.2 Å². The lowest BCUT2D eigenvalue weighted by Gasteiger charge is -2.07. The van der Waals surface area contributed by atoms with Crippen LogP contribution in [-0.4, -0.2) is 37.4 Å². The molecule has 9 heteroatoms. The first-order valence-corrected chi connectivity index (χ1v) is 7.36. The largest absolute Gasteiger partial charge is 0.368 e. The van der Waals surface area contributed by atoms with Gasteiger partial charge in [0.05, 0.1) is 6.33 Å². The molecule has 8 nitrogen and oxygen atoms in total. The summed E-state index contributed by atoms with van der Waals surface area (Å²) in [4.78, 5) is 30.8. The monoisotopic (exact) mass is 331 g/mol. The number of nitrogens with zero attached hydrogens (tertiary/aromatic N) is 4. The van der Waals surface area contributed by atoms with Crippen LogP contribution in [0.1, 0.15) is 12.0 Å². The molecular weight excluding hydrogens is 318 g/mol. The normalized spacial score (nSPS) is 10.7. The first kappa shape index (κ1) is 15.2. The van der Waals surface area contributed by atoms with Gasteiger partial charge in [-0.1, -0.05) is 0 Å². The van der Waals surface area contributed by atoms with E-state index in [4.69, 9.17) is 11.6 Å². The second kappa shape index (κ2) is 7.01. The summed E-state index contributed by atoms with van der Waals surface area (Å²) in [6, 6.07) is 3.72. The SMILES string of the molecule is O=C(CCNc1nc(Cl)nc2nc[nH]c12)NCc1ccncc1. The van der Waals surface area contributed by atoms with Crippen LogP contribution in [0.2, 0.25) is 5.28 Å². The minimum absolute atomic E-state index is 0.0599. The molecule has 0 radical (unpaired) electrons. The Labute approximate surface area is 136 Å². The van der Waals surface area contributed by atoms with Gasteiger partial charge in [0.25, 0.3) is 0 Å². The summed E-state index contributed by atoms with van der Waals surface area (Å²) >= 11 is 5.84. The molecule has 0 saturated carbocycles. The molecule has 0 spiro atoms. The molecule has 0 aliphatic heterocycles. The lowest BCUT2D eigenvalue weighted by Crippen LogP contribution is -2.25. The second-order valence-corrected chi connectivity index (χ2v) is 5.09. The maximum Gasteiger partial charge on any atom is 0.226 e. The highest BCUT2D eigenvalue weighted by Gasteiger charge is 2.09. The summed E-state index contributed by atoms with van der Waals surface area (Å²) in [5.41, 5.74) is 2.14. The molecule has 3 aromatic rings. The van der Waals surface area contributed by atoms with E-state index in [0.29, 0.717) is 36.5 Å². The summed E-state index contributed by atoms with van der Waals surface area (Å²) in [6.07, 6.45) is 5.21. The zero-order chi connectivity index (χ0) is 16.1. The number of hydrogen-bond donors (Lipinski definition) is 3. The molecule has 3 aromatic heterocycles. The van der Waals surface area contributed by atoms with Gasteiger partial charge in [0.2, 0.25) is 11.2 Å². The van der Waals surface area contributed by atoms with E-state index in [-0.39, 0.29) is 11.2 Å². The predicted molar refractivity (Wildman–Crippen MR) is 85.9 cm³/mol. The van der Waals surface area contributed by atoms with Crippen LogP contribution in [0.15, 0.2) is 30.9 Å². The number of fused-ring (bicyclic) bond motifs is 1. The number of anilines is 1. The van der Waals surface area contributed by atoms with E-state index in [9.17, 15) is 4.79 Å². The molecule has 0 aromatic carbocycles. The molecule has 0 fully saturated rings. The van der Waals surface area contributed by atoms with Crippen molar-refractivity contribution in [2.45, 2.75) is 13.0 Å². The Bertz CT molecular complexity index is 805. The van der Waals surface area contributed by atoms with Crippen molar-refractivity contribution in [1.29, 1.82) is 0 Å². The Balaban J connectivity index is 1.50. The van der Waals surface area contributed by atoms with Crippen molar-refractivity contribution in [2.75, 3.05) is 11.9 Å². The van der Waals surface area contributed by atoms with E-state index < -0.39 is 0 Å². The molecule has 3 rings (SSSR count). The number of halogens is 1. The van der Waals surface area contributed by atoms with E-state index >= 15 is 0 Å². The zero-order valence-electron chi connectivity index (χ0n) is 12.1. The van der Waals surface area contributed by atoms with Crippen LogP contribution in [0.4, 0.5) is 5.82 Å². The first-order valence-electron chi connectivity index (χ1n) is 6.98. The fourth-order valence-corrected chi connectivity index (χ4v) is 2.18. The van der Waals surface area contributed by atoms with Crippen molar-refractivity contribution in [3.63, 3.8) is 0 Å². The van der Waals surface area contributed by atoms with Crippen molar-refractivity contribution in [2.24, 2.45) is 0 Å².